The maximum absolute atomic E-state index is 13.0. The molecule has 1 saturated heterocycles. The van der Waals surface area contributed by atoms with Crippen LogP contribution in [0.5, 0.6) is 0 Å². The Bertz CT molecular complexity index is 1420. The first-order chi connectivity index (χ1) is 17.4. The number of thioether (sulfide) groups is 1. The number of benzene rings is 1. The van der Waals surface area contributed by atoms with Crippen LogP contribution in [0.4, 0.5) is 5.69 Å². The Balaban J connectivity index is 1.42. The summed E-state index contributed by atoms with van der Waals surface area (Å²) in [5, 5.41) is 4.90. The van der Waals surface area contributed by atoms with Crippen molar-refractivity contribution < 1.29 is 23.9 Å². The number of thiazole rings is 1. The van der Waals surface area contributed by atoms with E-state index in [0.29, 0.717) is 21.2 Å². The number of fused-ring (bicyclic) bond motifs is 2. The lowest BCUT2D eigenvalue weighted by atomic mass is 9.84. The van der Waals surface area contributed by atoms with E-state index in [1.807, 2.05) is 6.07 Å². The molecule has 3 aromatic rings. The molecule has 0 spiro atoms. The summed E-state index contributed by atoms with van der Waals surface area (Å²) in [4.78, 5) is 67.2. The van der Waals surface area contributed by atoms with Gasteiger partial charge in [-0.15, -0.1) is 0 Å². The zero-order chi connectivity index (χ0) is 25.4. The largest absolute Gasteiger partial charge is 0.462 e. The molecule has 3 unspecified atom stereocenters. The molecule has 0 radical (unpaired) electrons. The van der Waals surface area contributed by atoms with E-state index in [4.69, 9.17) is 4.74 Å². The van der Waals surface area contributed by atoms with Crippen LogP contribution in [0.3, 0.4) is 0 Å². The van der Waals surface area contributed by atoms with Gasteiger partial charge in [-0.3, -0.25) is 34.0 Å². The van der Waals surface area contributed by atoms with Crippen LogP contribution in [0.25, 0.3) is 0 Å². The predicted molar refractivity (Wildman–Crippen MR) is 132 cm³/mol. The SMILES string of the molecule is CCOC(=O)c1ccc(NC(=O)Cn2c3c(sc2=O)C(c2cccnc2)C2C(=O)NC(=O)C2S3)cc1. The molecule has 4 heterocycles. The lowest BCUT2D eigenvalue weighted by Gasteiger charge is -2.30. The Morgan fingerprint density at radius 3 is 2.61 bits per heavy atom. The minimum absolute atomic E-state index is 0.258. The van der Waals surface area contributed by atoms with Crippen molar-refractivity contribution in [2.24, 2.45) is 5.92 Å². The fraction of sp³-hybridized carbons (Fsp3) is 0.250. The molecule has 3 amide bonds. The highest BCUT2D eigenvalue weighted by Crippen LogP contribution is 2.51. The molecule has 2 aliphatic rings. The molecular weight excluding hydrogens is 504 g/mol. The molecule has 1 aromatic carbocycles. The highest BCUT2D eigenvalue weighted by molar-refractivity contribution is 8.00. The van der Waals surface area contributed by atoms with Crippen molar-refractivity contribution in [2.45, 2.75) is 29.7 Å². The fourth-order valence-electron chi connectivity index (χ4n) is 4.34. The maximum atomic E-state index is 13.0. The summed E-state index contributed by atoms with van der Waals surface area (Å²) >= 11 is 2.10. The van der Waals surface area contributed by atoms with E-state index in [2.05, 4.69) is 15.6 Å². The van der Waals surface area contributed by atoms with Crippen molar-refractivity contribution >= 4 is 52.5 Å². The Morgan fingerprint density at radius 2 is 1.92 bits per heavy atom. The molecule has 0 aliphatic carbocycles. The summed E-state index contributed by atoms with van der Waals surface area (Å²) < 4.78 is 6.29. The molecule has 2 aromatic heterocycles. The monoisotopic (exact) mass is 524 g/mol. The van der Waals surface area contributed by atoms with Crippen molar-refractivity contribution in [3.05, 3.63) is 74.5 Å². The van der Waals surface area contributed by atoms with E-state index in [0.717, 1.165) is 28.7 Å². The van der Waals surface area contributed by atoms with Crippen LogP contribution in [0, 0.1) is 5.92 Å². The normalized spacial score (nSPS) is 20.3. The number of imide groups is 1. The highest BCUT2D eigenvalue weighted by atomic mass is 32.2. The number of nitrogens with one attached hydrogen (secondary N) is 2. The van der Waals surface area contributed by atoms with Gasteiger partial charge in [0, 0.05) is 28.9 Å². The van der Waals surface area contributed by atoms with E-state index < -0.39 is 34.9 Å². The van der Waals surface area contributed by atoms with Gasteiger partial charge in [0.15, 0.2) is 0 Å². The van der Waals surface area contributed by atoms with Crippen LogP contribution in [-0.2, 0) is 25.7 Å². The van der Waals surface area contributed by atoms with Gasteiger partial charge in [0.05, 0.1) is 23.1 Å². The topological polar surface area (TPSA) is 136 Å². The number of esters is 1. The summed E-state index contributed by atoms with van der Waals surface area (Å²) in [5.74, 6) is -2.89. The smallest absolute Gasteiger partial charge is 0.338 e. The first-order valence-corrected chi connectivity index (χ1v) is 12.8. The van der Waals surface area contributed by atoms with Gasteiger partial charge in [0.2, 0.25) is 17.7 Å². The summed E-state index contributed by atoms with van der Waals surface area (Å²) in [6.45, 7) is 1.70. The molecule has 184 valence electrons. The first kappa shape index (κ1) is 23.9. The number of nitrogens with zero attached hydrogens (tertiary/aromatic N) is 2. The molecule has 0 saturated carbocycles. The van der Waals surface area contributed by atoms with Crippen molar-refractivity contribution in [1.29, 1.82) is 0 Å². The third-order valence-corrected chi connectivity index (χ3v) is 8.53. The minimum atomic E-state index is -0.714. The molecule has 2 aliphatic heterocycles. The zero-order valence-electron chi connectivity index (χ0n) is 18.9. The molecular formula is C24H20N4O6S2. The van der Waals surface area contributed by atoms with Gasteiger partial charge in [-0.25, -0.2) is 4.79 Å². The summed E-state index contributed by atoms with van der Waals surface area (Å²) in [6, 6.07) is 9.77. The van der Waals surface area contributed by atoms with E-state index >= 15 is 0 Å². The van der Waals surface area contributed by atoms with Crippen molar-refractivity contribution in [2.75, 3.05) is 11.9 Å². The van der Waals surface area contributed by atoms with Crippen molar-refractivity contribution in [3.8, 4) is 0 Å². The van der Waals surface area contributed by atoms with Crippen LogP contribution >= 0.6 is 23.1 Å². The summed E-state index contributed by atoms with van der Waals surface area (Å²) in [7, 11) is 0. The Kier molecular flexibility index (Phi) is 6.46. The predicted octanol–water partition coefficient (Wildman–Crippen LogP) is 2.00. The molecule has 0 bridgehead atoms. The van der Waals surface area contributed by atoms with Crippen LogP contribution < -0.4 is 15.5 Å². The highest BCUT2D eigenvalue weighted by Gasteiger charge is 2.52. The number of carbonyl (C=O) groups is 4. The quantitative estimate of drug-likeness (QED) is 0.369. The molecule has 10 nitrogen and oxygen atoms in total. The first-order valence-electron chi connectivity index (χ1n) is 11.1. The summed E-state index contributed by atoms with van der Waals surface area (Å²) in [6.07, 6.45) is 3.23. The zero-order valence-corrected chi connectivity index (χ0v) is 20.6. The maximum Gasteiger partial charge on any atom is 0.338 e. The number of rotatable bonds is 6. The van der Waals surface area contributed by atoms with Crippen molar-refractivity contribution in [3.63, 3.8) is 0 Å². The van der Waals surface area contributed by atoms with E-state index in [-0.39, 0.29) is 23.9 Å². The average Bonchev–Trinajstić information content (AvgIpc) is 3.33. The average molecular weight is 525 g/mol. The number of hydrogen-bond acceptors (Lipinski definition) is 9. The second-order valence-electron chi connectivity index (χ2n) is 8.15. The van der Waals surface area contributed by atoms with Gasteiger partial charge in [-0.1, -0.05) is 29.2 Å². The van der Waals surface area contributed by atoms with Crippen LogP contribution in [0.1, 0.15) is 33.6 Å². The van der Waals surface area contributed by atoms with Gasteiger partial charge >= 0.3 is 10.8 Å². The van der Waals surface area contributed by atoms with Gasteiger partial charge in [-0.05, 0) is 42.8 Å². The van der Waals surface area contributed by atoms with Gasteiger partial charge in [-0.2, -0.15) is 0 Å². The van der Waals surface area contributed by atoms with Gasteiger partial charge in [0.1, 0.15) is 11.8 Å². The van der Waals surface area contributed by atoms with Crippen LogP contribution in [-0.4, -0.2) is 45.1 Å². The second-order valence-corrected chi connectivity index (χ2v) is 10.3. The second kappa shape index (κ2) is 9.70. The number of anilines is 1. The molecule has 2 N–H and O–H groups in total. The Hall–Kier alpha value is -3.77. The third-order valence-electron chi connectivity index (χ3n) is 5.91. The summed E-state index contributed by atoms with van der Waals surface area (Å²) in [5.41, 5.74) is 1.53. The van der Waals surface area contributed by atoms with Gasteiger partial charge in [0.25, 0.3) is 0 Å². The lowest BCUT2D eigenvalue weighted by Crippen LogP contribution is -2.32. The molecule has 3 atom stereocenters. The molecule has 12 heteroatoms. The van der Waals surface area contributed by atoms with E-state index in [9.17, 15) is 24.0 Å². The Labute approximate surface area is 213 Å². The number of hydrogen-bond donors (Lipinski definition) is 2. The number of carbonyl (C=O) groups excluding carboxylic acids is 4. The fourth-order valence-corrected chi connectivity index (χ4v) is 7.08. The number of amides is 3. The standard InChI is InChI=1S/C24H20N4O6S2/c1-2-34-23(32)12-5-7-14(8-6-12)26-15(29)11-28-22-19(36-24(28)33)16(13-4-3-9-25-10-13)17-18(35-22)21(31)27-20(17)30/h3-10,16-18H,2,11H2,1H3,(H,26,29)(H,27,30,31). The molecule has 5 rings (SSSR count). The third kappa shape index (κ3) is 4.33. The number of aromatic nitrogens is 2. The molecule has 1 fully saturated rings. The van der Waals surface area contributed by atoms with Crippen molar-refractivity contribution in [1.82, 2.24) is 14.9 Å². The minimum Gasteiger partial charge on any atom is -0.462 e. The van der Waals surface area contributed by atoms with Crippen LogP contribution in [0.15, 0.2) is 58.6 Å². The van der Waals surface area contributed by atoms with E-state index in [1.165, 1.54) is 16.7 Å². The molecule has 36 heavy (non-hydrogen) atoms. The van der Waals surface area contributed by atoms with E-state index in [1.54, 1.807) is 37.5 Å². The number of ether oxygens (including phenoxy) is 1. The number of pyridine rings is 1. The Morgan fingerprint density at radius 1 is 1.14 bits per heavy atom. The van der Waals surface area contributed by atoms with Gasteiger partial charge < -0.3 is 10.1 Å². The van der Waals surface area contributed by atoms with Crippen LogP contribution in [0.2, 0.25) is 0 Å². The lowest BCUT2D eigenvalue weighted by molar-refractivity contribution is -0.126.